The number of hydrogen-bond donors (Lipinski definition) is 3. The minimum Gasteiger partial charge on any atom is -0.478 e. The van der Waals surface area contributed by atoms with E-state index in [4.69, 9.17) is 10.8 Å². The van der Waals surface area contributed by atoms with E-state index >= 15 is 0 Å². The molecule has 20 heavy (non-hydrogen) atoms. The molecule has 4 nitrogen and oxygen atoms in total. The van der Waals surface area contributed by atoms with Crippen LogP contribution >= 0.6 is 11.8 Å². The molecule has 0 spiro atoms. The molecule has 4 N–H and O–H groups in total. The van der Waals surface area contributed by atoms with Gasteiger partial charge in [-0.25, -0.2) is 9.18 Å². The standard InChI is InChI=1S/C14H21FN2O2S/c1-20-7-5-3-2-4-6-17-13-8-10(14(18)19)12(16)9-11(13)15/h8-9,17H,2-7,16H2,1H3,(H,18,19). The van der Waals surface area contributed by atoms with Gasteiger partial charge in [0, 0.05) is 12.2 Å². The predicted molar refractivity (Wildman–Crippen MR) is 83.1 cm³/mol. The molecule has 1 aromatic rings. The van der Waals surface area contributed by atoms with Gasteiger partial charge < -0.3 is 16.2 Å². The number of nitrogens with two attached hydrogens (primary N) is 1. The summed E-state index contributed by atoms with van der Waals surface area (Å²) in [5.74, 6) is -0.500. The zero-order chi connectivity index (χ0) is 15.0. The largest absolute Gasteiger partial charge is 0.478 e. The lowest BCUT2D eigenvalue weighted by Crippen LogP contribution is -2.08. The number of nitrogen functional groups attached to an aromatic ring is 1. The Bertz CT molecular complexity index is 455. The van der Waals surface area contributed by atoms with Gasteiger partial charge in [0.2, 0.25) is 0 Å². The average Bonchev–Trinajstić information content (AvgIpc) is 2.39. The number of halogens is 1. The molecule has 1 rings (SSSR count). The Morgan fingerprint density at radius 1 is 1.35 bits per heavy atom. The van der Waals surface area contributed by atoms with Crippen molar-refractivity contribution in [1.82, 2.24) is 0 Å². The molecule has 0 saturated carbocycles. The van der Waals surface area contributed by atoms with Gasteiger partial charge in [0.25, 0.3) is 0 Å². The molecule has 0 radical (unpaired) electrons. The number of carboxylic acids is 1. The molecule has 0 saturated heterocycles. The second-order valence-corrected chi connectivity index (χ2v) is 5.54. The van der Waals surface area contributed by atoms with E-state index in [1.54, 1.807) is 0 Å². The van der Waals surface area contributed by atoms with Crippen LogP contribution in [0.3, 0.4) is 0 Å². The predicted octanol–water partition coefficient (Wildman–Crippen LogP) is 3.44. The molecule has 0 heterocycles. The van der Waals surface area contributed by atoms with Crippen LogP contribution in [0.4, 0.5) is 15.8 Å². The van der Waals surface area contributed by atoms with Gasteiger partial charge in [0.15, 0.2) is 0 Å². The van der Waals surface area contributed by atoms with Crippen LogP contribution in [-0.2, 0) is 0 Å². The number of carbonyl (C=O) groups is 1. The highest BCUT2D eigenvalue weighted by Gasteiger charge is 2.12. The summed E-state index contributed by atoms with van der Waals surface area (Å²) < 4.78 is 13.6. The van der Waals surface area contributed by atoms with Gasteiger partial charge >= 0.3 is 5.97 Å². The summed E-state index contributed by atoms with van der Waals surface area (Å²) in [6.45, 7) is 0.624. The highest BCUT2D eigenvalue weighted by molar-refractivity contribution is 7.98. The first-order valence-corrected chi connectivity index (χ1v) is 8.00. The van der Waals surface area contributed by atoms with Crippen molar-refractivity contribution in [1.29, 1.82) is 0 Å². The zero-order valence-electron chi connectivity index (χ0n) is 11.6. The summed E-state index contributed by atoms with van der Waals surface area (Å²) in [5, 5.41) is 11.9. The highest BCUT2D eigenvalue weighted by Crippen LogP contribution is 2.22. The molecule has 0 amide bonds. The third-order valence-corrected chi connectivity index (χ3v) is 3.66. The zero-order valence-corrected chi connectivity index (χ0v) is 12.4. The van der Waals surface area contributed by atoms with Gasteiger partial charge in [-0.1, -0.05) is 12.8 Å². The Morgan fingerprint density at radius 2 is 2.05 bits per heavy atom. The molecule has 0 aromatic heterocycles. The van der Waals surface area contributed by atoms with E-state index in [-0.39, 0.29) is 16.9 Å². The van der Waals surface area contributed by atoms with Gasteiger partial charge in [0.05, 0.1) is 11.3 Å². The van der Waals surface area contributed by atoms with E-state index < -0.39 is 11.8 Å². The van der Waals surface area contributed by atoms with Crippen molar-refractivity contribution in [3.63, 3.8) is 0 Å². The summed E-state index contributed by atoms with van der Waals surface area (Å²) in [6, 6.07) is 2.30. The molecule has 0 fully saturated rings. The molecule has 0 unspecified atom stereocenters. The second-order valence-electron chi connectivity index (χ2n) is 4.56. The molecule has 0 aliphatic carbocycles. The minimum absolute atomic E-state index is 0.0578. The van der Waals surface area contributed by atoms with Crippen LogP contribution in [0, 0.1) is 5.82 Å². The molecule has 6 heteroatoms. The van der Waals surface area contributed by atoms with Crippen molar-refractivity contribution in [2.45, 2.75) is 25.7 Å². The first-order chi connectivity index (χ1) is 9.56. The van der Waals surface area contributed by atoms with Gasteiger partial charge in [-0.15, -0.1) is 0 Å². The molecule has 0 atom stereocenters. The maximum Gasteiger partial charge on any atom is 0.337 e. The fraction of sp³-hybridized carbons (Fsp3) is 0.500. The number of carboxylic acid groups (broad SMARTS) is 1. The Balaban J connectivity index is 2.44. The molecule has 0 bridgehead atoms. The summed E-state index contributed by atoms with van der Waals surface area (Å²) >= 11 is 1.84. The topological polar surface area (TPSA) is 75.3 Å². The second kappa shape index (κ2) is 8.68. The van der Waals surface area contributed by atoms with Crippen molar-refractivity contribution in [3.05, 3.63) is 23.5 Å². The van der Waals surface area contributed by atoms with Gasteiger partial charge in [0.1, 0.15) is 5.82 Å². The third-order valence-electron chi connectivity index (χ3n) is 2.96. The summed E-state index contributed by atoms with van der Waals surface area (Å²) in [7, 11) is 0. The molecule has 0 aliphatic rings. The van der Waals surface area contributed by atoms with Gasteiger partial charge in [-0.2, -0.15) is 11.8 Å². The quantitative estimate of drug-likeness (QED) is 0.481. The van der Waals surface area contributed by atoms with Crippen LogP contribution < -0.4 is 11.1 Å². The fourth-order valence-electron chi connectivity index (χ4n) is 1.86. The maximum atomic E-state index is 13.6. The SMILES string of the molecule is CSCCCCCCNc1cc(C(=O)O)c(N)cc1F. The lowest BCUT2D eigenvalue weighted by atomic mass is 10.1. The van der Waals surface area contributed by atoms with Crippen LogP contribution in [0.15, 0.2) is 12.1 Å². The Hall–Kier alpha value is -1.43. The van der Waals surface area contributed by atoms with Crippen LogP contribution in [0.5, 0.6) is 0 Å². The van der Waals surface area contributed by atoms with Gasteiger partial charge in [-0.05, 0) is 37.0 Å². The van der Waals surface area contributed by atoms with Crippen molar-refractivity contribution in [2.75, 3.05) is 29.6 Å². The van der Waals surface area contributed by atoms with Crippen LogP contribution in [0.25, 0.3) is 0 Å². The van der Waals surface area contributed by atoms with Crippen LogP contribution in [0.1, 0.15) is 36.0 Å². The summed E-state index contributed by atoms with van der Waals surface area (Å²) in [5.41, 5.74) is 5.53. The molecule has 112 valence electrons. The van der Waals surface area contributed by atoms with E-state index in [0.29, 0.717) is 6.54 Å². The number of aromatic carboxylic acids is 1. The fourth-order valence-corrected chi connectivity index (χ4v) is 2.35. The summed E-state index contributed by atoms with van der Waals surface area (Å²) in [6.07, 6.45) is 6.45. The number of unbranched alkanes of at least 4 members (excludes halogenated alkanes) is 3. The number of benzene rings is 1. The smallest absolute Gasteiger partial charge is 0.337 e. The third kappa shape index (κ3) is 5.28. The number of rotatable bonds is 9. The minimum atomic E-state index is -1.15. The lowest BCUT2D eigenvalue weighted by Gasteiger charge is -2.10. The van der Waals surface area contributed by atoms with E-state index in [1.807, 2.05) is 11.8 Å². The highest BCUT2D eigenvalue weighted by atomic mass is 32.2. The average molecular weight is 300 g/mol. The normalized spacial score (nSPS) is 10.5. The number of nitrogens with one attached hydrogen (secondary N) is 1. The Kier molecular flexibility index (Phi) is 7.22. The van der Waals surface area contributed by atoms with E-state index in [9.17, 15) is 9.18 Å². The van der Waals surface area contributed by atoms with Crippen LogP contribution in [0.2, 0.25) is 0 Å². The Morgan fingerprint density at radius 3 is 2.70 bits per heavy atom. The van der Waals surface area contributed by atoms with Crippen molar-refractivity contribution < 1.29 is 14.3 Å². The monoisotopic (exact) mass is 300 g/mol. The first-order valence-electron chi connectivity index (χ1n) is 6.61. The molecular weight excluding hydrogens is 279 g/mol. The Labute approximate surface area is 122 Å². The van der Waals surface area contributed by atoms with E-state index in [1.165, 1.54) is 18.2 Å². The molecular formula is C14H21FN2O2S. The van der Waals surface area contributed by atoms with Crippen LogP contribution in [-0.4, -0.2) is 29.6 Å². The van der Waals surface area contributed by atoms with Gasteiger partial charge in [-0.3, -0.25) is 0 Å². The number of hydrogen-bond acceptors (Lipinski definition) is 4. The van der Waals surface area contributed by atoms with Crippen molar-refractivity contribution in [3.8, 4) is 0 Å². The number of anilines is 2. The van der Waals surface area contributed by atoms with E-state index in [2.05, 4.69) is 11.6 Å². The molecule has 1 aromatic carbocycles. The molecule has 0 aliphatic heterocycles. The van der Waals surface area contributed by atoms with E-state index in [0.717, 1.165) is 25.3 Å². The number of thioether (sulfide) groups is 1. The first kappa shape index (κ1) is 16.6. The summed E-state index contributed by atoms with van der Waals surface area (Å²) in [4.78, 5) is 10.9. The van der Waals surface area contributed by atoms with Crippen molar-refractivity contribution in [2.24, 2.45) is 0 Å². The van der Waals surface area contributed by atoms with Crippen molar-refractivity contribution >= 4 is 29.1 Å². The lowest BCUT2D eigenvalue weighted by molar-refractivity contribution is 0.0698. The maximum absolute atomic E-state index is 13.6.